The predicted molar refractivity (Wildman–Crippen MR) is 118 cm³/mol. The Hall–Kier alpha value is -2.43. The summed E-state index contributed by atoms with van der Waals surface area (Å²) in [4.78, 5) is 25.5. The first-order valence-electron chi connectivity index (χ1n) is 9.48. The molecule has 3 rings (SSSR count). The van der Waals surface area contributed by atoms with Gasteiger partial charge in [-0.25, -0.2) is 8.78 Å². The summed E-state index contributed by atoms with van der Waals surface area (Å²) in [6.07, 6.45) is 1.70. The Morgan fingerprint density at radius 2 is 2.03 bits per heavy atom. The van der Waals surface area contributed by atoms with Crippen molar-refractivity contribution >= 4 is 45.8 Å². The second-order valence-corrected chi connectivity index (χ2v) is 8.47. The number of piperidine rings is 1. The summed E-state index contributed by atoms with van der Waals surface area (Å²) >= 11 is 1.97. The van der Waals surface area contributed by atoms with Crippen molar-refractivity contribution in [1.82, 2.24) is 4.90 Å². The highest BCUT2D eigenvalue weighted by molar-refractivity contribution is 14.1. The van der Waals surface area contributed by atoms with Crippen molar-refractivity contribution in [2.24, 2.45) is 11.7 Å². The second kappa shape index (κ2) is 9.59. The number of carbonyl (C=O) groups excluding carboxylic acids is 2. The first-order valence-corrected chi connectivity index (χ1v) is 10.6. The largest absolute Gasteiger partial charge is 0.492 e. The van der Waals surface area contributed by atoms with Crippen molar-refractivity contribution in [3.05, 3.63) is 51.1 Å². The molecular weight excluding hydrogens is 507 g/mol. The highest BCUT2D eigenvalue weighted by Gasteiger charge is 2.24. The first-order chi connectivity index (χ1) is 14.2. The average Bonchev–Trinajstić information content (AvgIpc) is 2.68. The number of nitrogens with two attached hydrogens (primary N) is 1. The number of rotatable bonds is 6. The maximum atomic E-state index is 14.3. The van der Waals surface area contributed by atoms with Crippen LogP contribution in [0.1, 0.15) is 30.1 Å². The van der Waals surface area contributed by atoms with E-state index in [-0.39, 0.29) is 41.1 Å². The lowest BCUT2D eigenvalue weighted by Gasteiger charge is -2.32. The van der Waals surface area contributed by atoms with Gasteiger partial charge in [0, 0.05) is 35.6 Å². The zero-order valence-corrected chi connectivity index (χ0v) is 18.5. The summed E-state index contributed by atoms with van der Waals surface area (Å²) in [6, 6.07) is 6.64. The molecule has 3 N–H and O–H groups in total. The number of amides is 2. The van der Waals surface area contributed by atoms with Crippen molar-refractivity contribution in [2.45, 2.75) is 19.8 Å². The first kappa shape index (κ1) is 22.3. The van der Waals surface area contributed by atoms with Gasteiger partial charge in [0.2, 0.25) is 5.91 Å². The van der Waals surface area contributed by atoms with Crippen molar-refractivity contribution in [2.75, 3.05) is 25.0 Å². The molecule has 1 fully saturated rings. The van der Waals surface area contributed by atoms with Crippen LogP contribution in [0.3, 0.4) is 0 Å². The van der Waals surface area contributed by atoms with E-state index in [0.29, 0.717) is 16.7 Å². The summed E-state index contributed by atoms with van der Waals surface area (Å²) < 4.78 is 34.9. The number of carbonyl (C=O) groups is 2. The minimum atomic E-state index is -0.826. The third kappa shape index (κ3) is 5.38. The number of halogens is 3. The minimum absolute atomic E-state index is 0.00526. The van der Waals surface area contributed by atoms with Gasteiger partial charge in [0.05, 0.1) is 18.0 Å². The Balaban J connectivity index is 1.84. The van der Waals surface area contributed by atoms with Crippen molar-refractivity contribution in [1.29, 1.82) is 0 Å². The van der Waals surface area contributed by atoms with Crippen LogP contribution in [0, 0.1) is 21.1 Å². The van der Waals surface area contributed by atoms with E-state index in [1.807, 2.05) is 22.6 Å². The van der Waals surface area contributed by atoms with Gasteiger partial charge < -0.3 is 20.7 Å². The molecule has 1 aliphatic rings. The normalized spacial score (nSPS) is 16.3. The smallest absolute Gasteiger partial charge is 0.254 e. The zero-order valence-electron chi connectivity index (χ0n) is 16.4. The highest BCUT2D eigenvalue weighted by atomic mass is 127. The van der Waals surface area contributed by atoms with E-state index in [2.05, 4.69) is 5.32 Å². The number of benzene rings is 2. The summed E-state index contributed by atoms with van der Waals surface area (Å²) in [6.45, 7) is 2.96. The molecule has 1 atom stereocenters. The van der Waals surface area contributed by atoms with Gasteiger partial charge >= 0.3 is 0 Å². The summed E-state index contributed by atoms with van der Waals surface area (Å²) in [5.74, 6) is -2.00. The monoisotopic (exact) mass is 529 g/mol. The van der Waals surface area contributed by atoms with Crippen molar-refractivity contribution < 1.29 is 23.1 Å². The number of primary amides is 1. The van der Waals surface area contributed by atoms with Gasteiger partial charge in [-0.1, -0.05) is 0 Å². The van der Waals surface area contributed by atoms with Crippen LogP contribution in [0.5, 0.6) is 5.75 Å². The molecule has 0 bridgehead atoms. The topological polar surface area (TPSA) is 84.7 Å². The number of nitrogens with one attached hydrogen (secondary N) is 1. The van der Waals surface area contributed by atoms with Crippen LogP contribution in [0.2, 0.25) is 0 Å². The van der Waals surface area contributed by atoms with E-state index in [1.165, 1.54) is 19.1 Å². The molecule has 1 aliphatic heterocycles. The predicted octanol–water partition coefficient (Wildman–Crippen LogP) is 4.05. The zero-order chi connectivity index (χ0) is 21.8. The molecule has 160 valence electrons. The van der Waals surface area contributed by atoms with Crippen LogP contribution in [0.25, 0.3) is 0 Å². The molecule has 1 unspecified atom stereocenters. The molecule has 9 heteroatoms. The second-order valence-electron chi connectivity index (χ2n) is 7.22. The van der Waals surface area contributed by atoms with Gasteiger partial charge in [-0.2, -0.15) is 0 Å². The molecule has 0 aliphatic carbocycles. The van der Waals surface area contributed by atoms with Crippen molar-refractivity contribution in [3.8, 4) is 5.75 Å². The Morgan fingerprint density at radius 1 is 1.27 bits per heavy atom. The quantitative estimate of drug-likeness (QED) is 0.554. The third-order valence-electron chi connectivity index (χ3n) is 4.95. The van der Waals surface area contributed by atoms with Crippen LogP contribution < -0.4 is 15.8 Å². The SMILES string of the molecule is CC(=O)N1CCCC(COc2cc(F)cc(Nc3ccc(I)cc3F)c2C(N)=O)C1. The third-order valence-corrected chi connectivity index (χ3v) is 5.62. The molecule has 0 aromatic heterocycles. The van der Waals surface area contributed by atoms with E-state index in [0.717, 1.165) is 25.0 Å². The molecule has 0 radical (unpaired) electrons. The fourth-order valence-electron chi connectivity index (χ4n) is 3.48. The summed E-state index contributed by atoms with van der Waals surface area (Å²) in [5, 5.41) is 2.74. The van der Waals surface area contributed by atoms with Crippen molar-refractivity contribution in [3.63, 3.8) is 0 Å². The maximum absolute atomic E-state index is 14.3. The molecule has 0 saturated carbocycles. The summed E-state index contributed by atoms with van der Waals surface area (Å²) in [7, 11) is 0. The Bertz CT molecular complexity index is 971. The number of hydrogen-bond acceptors (Lipinski definition) is 4. The lowest BCUT2D eigenvalue weighted by molar-refractivity contribution is -0.130. The standard InChI is InChI=1S/C21H22F2IN3O3/c1-12(28)27-6-2-3-13(10-27)11-30-19-8-14(22)7-18(20(19)21(25)29)26-17-5-4-15(24)9-16(17)23/h4-5,7-9,13,26H,2-3,6,10-11H2,1H3,(H2,25,29). The average molecular weight is 529 g/mol. The van der Waals surface area contributed by atoms with Crippen LogP contribution in [0.15, 0.2) is 30.3 Å². The number of nitrogens with zero attached hydrogens (tertiary/aromatic N) is 1. The Morgan fingerprint density at radius 3 is 2.70 bits per heavy atom. The molecule has 2 amide bonds. The number of likely N-dealkylation sites (tertiary alicyclic amines) is 1. The van der Waals surface area contributed by atoms with Crippen LogP contribution in [-0.4, -0.2) is 36.4 Å². The maximum Gasteiger partial charge on any atom is 0.254 e. The molecule has 30 heavy (non-hydrogen) atoms. The molecule has 0 spiro atoms. The summed E-state index contributed by atoms with van der Waals surface area (Å²) in [5.41, 5.74) is 5.56. The van der Waals surface area contributed by atoms with Gasteiger partial charge in [-0.05, 0) is 59.7 Å². The van der Waals surface area contributed by atoms with Gasteiger partial charge in [0.1, 0.15) is 22.9 Å². The minimum Gasteiger partial charge on any atom is -0.492 e. The van der Waals surface area contributed by atoms with E-state index < -0.39 is 17.5 Å². The Labute approximate surface area is 186 Å². The highest BCUT2D eigenvalue weighted by Crippen LogP contribution is 2.32. The van der Waals surface area contributed by atoms with Crippen LogP contribution >= 0.6 is 22.6 Å². The van der Waals surface area contributed by atoms with Gasteiger partial charge in [-0.15, -0.1) is 0 Å². The fourth-order valence-corrected chi connectivity index (χ4v) is 3.93. The molecule has 2 aromatic rings. The molecule has 1 heterocycles. The number of hydrogen-bond donors (Lipinski definition) is 2. The van der Waals surface area contributed by atoms with Gasteiger partial charge in [0.15, 0.2) is 0 Å². The molecule has 1 saturated heterocycles. The van der Waals surface area contributed by atoms with Gasteiger partial charge in [0.25, 0.3) is 5.91 Å². The van der Waals surface area contributed by atoms with E-state index in [4.69, 9.17) is 10.5 Å². The number of ether oxygens (including phenoxy) is 1. The van der Waals surface area contributed by atoms with Gasteiger partial charge in [-0.3, -0.25) is 9.59 Å². The molecular formula is C21H22F2IN3O3. The van der Waals surface area contributed by atoms with E-state index in [1.54, 1.807) is 11.0 Å². The number of anilines is 2. The van der Waals surface area contributed by atoms with Crippen LogP contribution in [0.4, 0.5) is 20.2 Å². The lowest BCUT2D eigenvalue weighted by atomic mass is 9.99. The van der Waals surface area contributed by atoms with E-state index >= 15 is 0 Å². The van der Waals surface area contributed by atoms with E-state index in [9.17, 15) is 18.4 Å². The molecule has 6 nitrogen and oxygen atoms in total. The lowest BCUT2D eigenvalue weighted by Crippen LogP contribution is -2.40. The fraction of sp³-hybridized carbons (Fsp3) is 0.333. The van der Waals surface area contributed by atoms with Crippen LogP contribution in [-0.2, 0) is 4.79 Å². The Kier molecular flexibility index (Phi) is 7.11. The molecule has 2 aromatic carbocycles.